The minimum atomic E-state index is 0.0293. The molecule has 0 unspecified atom stereocenters. The second-order valence-corrected chi connectivity index (χ2v) is 9.11. The summed E-state index contributed by atoms with van der Waals surface area (Å²) >= 11 is 12.2. The van der Waals surface area contributed by atoms with E-state index in [0.29, 0.717) is 21.1 Å². The van der Waals surface area contributed by atoms with Crippen LogP contribution in [0.1, 0.15) is 10.4 Å². The summed E-state index contributed by atoms with van der Waals surface area (Å²) in [6.45, 7) is 3.21. The Bertz CT molecular complexity index is 1310. The quantitative estimate of drug-likeness (QED) is 0.382. The standard InChI is InChI=1S/C26H22Cl2N4O/c1-31-12-14-32(15-13-31)26(33)19-6-11-22-23(16-19)30-25(18-4-9-21(28)10-5-18)24(29-22)17-2-7-20(27)8-3-17/h2-11,16H,12-15H2,1H3. The summed E-state index contributed by atoms with van der Waals surface area (Å²) in [5.74, 6) is 0.0293. The van der Waals surface area contributed by atoms with Gasteiger partial charge in [0, 0.05) is 52.9 Å². The van der Waals surface area contributed by atoms with E-state index in [0.717, 1.165) is 54.2 Å². The minimum Gasteiger partial charge on any atom is -0.336 e. The molecule has 5 nitrogen and oxygen atoms in total. The van der Waals surface area contributed by atoms with E-state index < -0.39 is 0 Å². The summed E-state index contributed by atoms with van der Waals surface area (Å²) in [5.41, 5.74) is 5.32. The number of nitrogens with zero attached hydrogens (tertiary/aromatic N) is 4. The molecular formula is C26H22Cl2N4O. The molecule has 0 bridgehead atoms. The van der Waals surface area contributed by atoms with E-state index >= 15 is 0 Å². The third-order valence-electron chi connectivity index (χ3n) is 5.94. The zero-order valence-electron chi connectivity index (χ0n) is 18.1. The molecule has 0 radical (unpaired) electrons. The Morgan fingerprint density at radius 2 is 1.24 bits per heavy atom. The van der Waals surface area contributed by atoms with Gasteiger partial charge in [0.05, 0.1) is 22.4 Å². The molecule has 0 spiro atoms. The fourth-order valence-electron chi connectivity index (χ4n) is 4.00. The summed E-state index contributed by atoms with van der Waals surface area (Å²) in [6, 6.07) is 20.6. The molecule has 3 aromatic carbocycles. The van der Waals surface area contributed by atoms with Gasteiger partial charge in [0.25, 0.3) is 5.91 Å². The Morgan fingerprint density at radius 3 is 1.79 bits per heavy atom. The Labute approximate surface area is 202 Å². The molecule has 1 saturated heterocycles. The molecular weight excluding hydrogens is 455 g/mol. The molecule has 2 heterocycles. The van der Waals surface area contributed by atoms with Crippen LogP contribution in [0.25, 0.3) is 33.5 Å². The van der Waals surface area contributed by atoms with Crippen molar-refractivity contribution in [1.29, 1.82) is 0 Å². The van der Waals surface area contributed by atoms with Crippen molar-refractivity contribution in [3.05, 3.63) is 82.3 Å². The molecule has 0 atom stereocenters. The van der Waals surface area contributed by atoms with Crippen molar-refractivity contribution in [1.82, 2.24) is 19.8 Å². The molecule has 1 aromatic heterocycles. The van der Waals surface area contributed by atoms with Gasteiger partial charge in [-0.15, -0.1) is 0 Å². The van der Waals surface area contributed by atoms with Crippen LogP contribution in [0.15, 0.2) is 66.7 Å². The lowest BCUT2D eigenvalue weighted by Gasteiger charge is -2.32. The molecule has 1 aliphatic heterocycles. The smallest absolute Gasteiger partial charge is 0.254 e. The second-order valence-electron chi connectivity index (χ2n) is 8.23. The zero-order valence-corrected chi connectivity index (χ0v) is 19.6. The van der Waals surface area contributed by atoms with Gasteiger partial charge in [0.15, 0.2) is 0 Å². The number of carbonyl (C=O) groups is 1. The number of carbonyl (C=O) groups excluding carboxylic acids is 1. The zero-order chi connectivity index (χ0) is 22.9. The maximum atomic E-state index is 13.1. The van der Waals surface area contributed by atoms with Crippen LogP contribution < -0.4 is 0 Å². The Morgan fingerprint density at radius 1 is 0.727 bits per heavy atom. The van der Waals surface area contributed by atoms with Crippen LogP contribution in [0.2, 0.25) is 10.0 Å². The second kappa shape index (κ2) is 9.10. The van der Waals surface area contributed by atoms with Crippen molar-refractivity contribution in [2.24, 2.45) is 0 Å². The van der Waals surface area contributed by atoms with E-state index in [1.807, 2.05) is 71.6 Å². The van der Waals surface area contributed by atoms with Gasteiger partial charge in [-0.05, 0) is 49.5 Å². The number of likely N-dealkylation sites (N-methyl/N-ethyl adjacent to an activating group) is 1. The number of rotatable bonds is 3. The normalized spacial score (nSPS) is 14.6. The van der Waals surface area contributed by atoms with E-state index in [1.165, 1.54) is 0 Å². The van der Waals surface area contributed by atoms with Gasteiger partial charge in [-0.3, -0.25) is 4.79 Å². The minimum absolute atomic E-state index is 0.0293. The molecule has 33 heavy (non-hydrogen) atoms. The highest BCUT2D eigenvalue weighted by molar-refractivity contribution is 6.31. The van der Waals surface area contributed by atoms with Crippen LogP contribution in [-0.4, -0.2) is 58.9 Å². The molecule has 1 amide bonds. The fourth-order valence-corrected chi connectivity index (χ4v) is 4.25. The molecule has 0 saturated carbocycles. The van der Waals surface area contributed by atoms with Gasteiger partial charge >= 0.3 is 0 Å². The molecule has 1 aliphatic rings. The van der Waals surface area contributed by atoms with Gasteiger partial charge in [-0.25, -0.2) is 9.97 Å². The van der Waals surface area contributed by atoms with E-state index in [1.54, 1.807) is 0 Å². The first-order chi connectivity index (χ1) is 16.0. The van der Waals surface area contributed by atoms with Crippen molar-refractivity contribution in [2.45, 2.75) is 0 Å². The summed E-state index contributed by atoms with van der Waals surface area (Å²) in [4.78, 5) is 27.1. The molecule has 4 aromatic rings. The Hall–Kier alpha value is -2.99. The van der Waals surface area contributed by atoms with Crippen molar-refractivity contribution in [3.8, 4) is 22.5 Å². The molecule has 1 fully saturated rings. The highest BCUT2D eigenvalue weighted by atomic mass is 35.5. The number of hydrogen-bond acceptors (Lipinski definition) is 4. The molecule has 166 valence electrons. The maximum absolute atomic E-state index is 13.1. The Kier molecular flexibility index (Phi) is 6.02. The molecule has 7 heteroatoms. The molecule has 5 rings (SSSR count). The first kappa shape index (κ1) is 21.8. The van der Waals surface area contributed by atoms with Gasteiger partial charge in [0.2, 0.25) is 0 Å². The number of halogens is 2. The third-order valence-corrected chi connectivity index (χ3v) is 6.44. The van der Waals surface area contributed by atoms with E-state index in [4.69, 9.17) is 33.2 Å². The van der Waals surface area contributed by atoms with Gasteiger partial charge < -0.3 is 9.80 Å². The molecule has 0 aliphatic carbocycles. The van der Waals surface area contributed by atoms with Crippen LogP contribution in [0.5, 0.6) is 0 Å². The Balaban J connectivity index is 1.60. The SMILES string of the molecule is CN1CCN(C(=O)c2ccc3nc(-c4ccc(Cl)cc4)c(-c4ccc(Cl)cc4)nc3c2)CC1. The van der Waals surface area contributed by atoms with E-state index in [9.17, 15) is 4.79 Å². The van der Waals surface area contributed by atoms with E-state index in [-0.39, 0.29) is 5.91 Å². The van der Waals surface area contributed by atoms with E-state index in [2.05, 4.69) is 11.9 Å². The average molecular weight is 477 g/mol. The largest absolute Gasteiger partial charge is 0.336 e. The summed E-state index contributed by atoms with van der Waals surface area (Å²) in [5, 5.41) is 1.31. The predicted octanol–water partition coefficient (Wildman–Crippen LogP) is 5.66. The van der Waals surface area contributed by atoms with Crippen LogP contribution >= 0.6 is 23.2 Å². The summed E-state index contributed by atoms with van der Waals surface area (Å²) in [7, 11) is 2.07. The maximum Gasteiger partial charge on any atom is 0.254 e. The monoisotopic (exact) mass is 476 g/mol. The van der Waals surface area contributed by atoms with Crippen LogP contribution in [0, 0.1) is 0 Å². The van der Waals surface area contributed by atoms with Crippen LogP contribution in [0.3, 0.4) is 0 Å². The third kappa shape index (κ3) is 4.58. The highest BCUT2D eigenvalue weighted by Gasteiger charge is 2.21. The van der Waals surface area contributed by atoms with Crippen molar-refractivity contribution < 1.29 is 4.79 Å². The van der Waals surface area contributed by atoms with Gasteiger partial charge in [-0.1, -0.05) is 47.5 Å². The highest BCUT2D eigenvalue weighted by Crippen LogP contribution is 2.32. The van der Waals surface area contributed by atoms with Crippen LogP contribution in [-0.2, 0) is 0 Å². The van der Waals surface area contributed by atoms with Gasteiger partial charge in [0.1, 0.15) is 0 Å². The number of benzene rings is 3. The lowest BCUT2D eigenvalue weighted by atomic mass is 10.0. The summed E-state index contributed by atoms with van der Waals surface area (Å²) in [6.07, 6.45) is 0. The first-order valence-electron chi connectivity index (χ1n) is 10.8. The van der Waals surface area contributed by atoms with Crippen LogP contribution in [0.4, 0.5) is 0 Å². The van der Waals surface area contributed by atoms with Crippen molar-refractivity contribution in [2.75, 3.05) is 33.2 Å². The topological polar surface area (TPSA) is 49.3 Å². The average Bonchev–Trinajstić information content (AvgIpc) is 2.84. The predicted molar refractivity (Wildman–Crippen MR) is 134 cm³/mol. The number of aromatic nitrogens is 2. The number of amides is 1. The number of fused-ring (bicyclic) bond motifs is 1. The van der Waals surface area contributed by atoms with Crippen molar-refractivity contribution >= 4 is 40.1 Å². The fraction of sp³-hybridized carbons (Fsp3) is 0.192. The number of piperazine rings is 1. The molecule has 0 N–H and O–H groups in total. The van der Waals surface area contributed by atoms with Gasteiger partial charge in [-0.2, -0.15) is 0 Å². The number of hydrogen-bond donors (Lipinski definition) is 0. The summed E-state index contributed by atoms with van der Waals surface area (Å²) < 4.78 is 0. The first-order valence-corrected chi connectivity index (χ1v) is 11.5. The lowest BCUT2D eigenvalue weighted by molar-refractivity contribution is 0.0664. The lowest BCUT2D eigenvalue weighted by Crippen LogP contribution is -2.47. The van der Waals surface area contributed by atoms with Crippen molar-refractivity contribution in [3.63, 3.8) is 0 Å².